The number of rotatable bonds is 7. The number of nitrogens with one attached hydrogen (secondary N) is 1. The minimum atomic E-state index is -0.124. The molecule has 1 amide bonds. The third-order valence-corrected chi connectivity index (χ3v) is 4.06. The summed E-state index contributed by atoms with van der Waals surface area (Å²) in [6.07, 6.45) is 2.58. The van der Waals surface area contributed by atoms with Crippen LogP contribution in [0.15, 0.2) is 18.3 Å². The van der Waals surface area contributed by atoms with Crippen LogP contribution in [0.1, 0.15) is 23.7 Å². The van der Waals surface area contributed by atoms with Crippen LogP contribution in [0.3, 0.4) is 0 Å². The number of methoxy groups -OCH3 is 1. The van der Waals surface area contributed by atoms with Gasteiger partial charge in [0.2, 0.25) is 5.88 Å². The molecule has 2 rings (SSSR count). The Labute approximate surface area is 132 Å². The maximum absolute atomic E-state index is 12.1. The third kappa shape index (κ3) is 4.68. The minimum absolute atomic E-state index is 0.124. The van der Waals surface area contributed by atoms with Crippen molar-refractivity contribution in [2.75, 3.05) is 52.9 Å². The molecule has 1 saturated heterocycles. The van der Waals surface area contributed by atoms with Crippen LogP contribution in [0.2, 0.25) is 0 Å². The van der Waals surface area contributed by atoms with E-state index in [9.17, 15) is 4.79 Å². The van der Waals surface area contributed by atoms with Crippen molar-refractivity contribution in [2.24, 2.45) is 0 Å². The average molecular weight is 306 g/mol. The first kappa shape index (κ1) is 16.7. The molecule has 22 heavy (non-hydrogen) atoms. The summed E-state index contributed by atoms with van der Waals surface area (Å²) >= 11 is 0. The van der Waals surface area contributed by atoms with Crippen LogP contribution < -0.4 is 10.1 Å². The number of pyridine rings is 1. The highest BCUT2D eigenvalue weighted by Crippen LogP contribution is 2.12. The van der Waals surface area contributed by atoms with Crippen LogP contribution in [-0.4, -0.2) is 73.6 Å². The van der Waals surface area contributed by atoms with E-state index in [2.05, 4.69) is 27.0 Å². The number of carbonyl (C=O) groups is 1. The largest absolute Gasteiger partial charge is 0.480 e. The molecule has 0 spiro atoms. The number of likely N-dealkylation sites (N-methyl/N-ethyl adjacent to an activating group) is 1. The van der Waals surface area contributed by atoms with Gasteiger partial charge in [-0.25, -0.2) is 4.98 Å². The zero-order valence-electron chi connectivity index (χ0n) is 13.5. The third-order valence-electron chi connectivity index (χ3n) is 4.06. The molecule has 0 saturated carbocycles. The number of ether oxygens (including phenoxy) is 1. The predicted octanol–water partition coefficient (Wildman–Crippen LogP) is 0.848. The molecular formula is C16H26N4O2. The minimum Gasteiger partial charge on any atom is -0.480 e. The predicted molar refractivity (Wildman–Crippen MR) is 86.3 cm³/mol. The van der Waals surface area contributed by atoms with Crippen molar-refractivity contribution in [1.29, 1.82) is 0 Å². The van der Waals surface area contributed by atoms with Gasteiger partial charge in [0.05, 0.1) is 7.11 Å². The summed E-state index contributed by atoms with van der Waals surface area (Å²) < 4.78 is 5.10. The second-order valence-electron chi connectivity index (χ2n) is 5.45. The van der Waals surface area contributed by atoms with Gasteiger partial charge in [-0.2, -0.15) is 0 Å². The molecule has 6 nitrogen and oxygen atoms in total. The molecule has 0 bridgehead atoms. The maximum Gasteiger partial charge on any atom is 0.256 e. The average Bonchev–Trinajstić information content (AvgIpc) is 2.59. The molecule has 0 aliphatic carbocycles. The fraction of sp³-hybridized carbons (Fsp3) is 0.625. The number of aromatic nitrogens is 1. The Morgan fingerprint density at radius 3 is 2.73 bits per heavy atom. The lowest BCUT2D eigenvalue weighted by atomic mass is 10.2. The van der Waals surface area contributed by atoms with Crippen LogP contribution in [0.5, 0.6) is 5.88 Å². The molecular weight excluding hydrogens is 280 g/mol. The van der Waals surface area contributed by atoms with Crippen LogP contribution in [0.25, 0.3) is 0 Å². The molecule has 1 fully saturated rings. The number of carbonyl (C=O) groups excluding carboxylic acids is 1. The highest BCUT2D eigenvalue weighted by atomic mass is 16.5. The maximum atomic E-state index is 12.1. The molecule has 1 aromatic heterocycles. The molecule has 6 heteroatoms. The Bertz CT molecular complexity index is 473. The normalized spacial score (nSPS) is 16.5. The second kappa shape index (κ2) is 8.70. The van der Waals surface area contributed by atoms with E-state index >= 15 is 0 Å². The smallest absolute Gasteiger partial charge is 0.256 e. The van der Waals surface area contributed by atoms with Crippen molar-refractivity contribution in [2.45, 2.75) is 13.3 Å². The Morgan fingerprint density at radius 2 is 2.05 bits per heavy atom. The van der Waals surface area contributed by atoms with Gasteiger partial charge in [0.15, 0.2) is 0 Å². The van der Waals surface area contributed by atoms with E-state index in [1.807, 2.05) is 0 Å². The Morgan fingerprint density at radius 1 is 1.32 bits per heavy atom. The molecule has 0 radical (unpaired) electrons. The van der Waals surface area contributed by atoms with Gasteiger partial charge in [0.1, 0.15) is 5.56 Å². The Balaban J connectivity index is 1.67. The summed E-state index contributed by atoms with van der Waals surface area (Å²) in [4.78, 5) is 21.1. The first-order valence-electron chi connectivity index (χ1n) is 7.96. The lowest BCUT2D eigenvalue weighted by molar-refractivity contribution is 0.0944. The van der Waals surface area contributed by atoms with Gasteiger partial charge >= 0.3 is 0 Å². The lowest BCUT2D eigenvalue weighted by Gasteiger charge is -2.33. The first-order valence-corrected chi connectivity index (χ1v) is 7.96. The lowest BCUT2D eigenvalue weighted by Crippen LogP contribution is -2.46. The van der Waals surface area contributed by atoms with Crippen LogP contribution in [0, 0.1) is 0 Å². The first-order chi connectivity index (χ1) is 10.7. The summed E-state index contributed by atoms with van der Waals surface area (Å²) in [5.74, 6) is 0.247. The molecule has 122 valence electrons. The van der Waals surface area contributed by atoms with Gasteiger partial charge in [-0.1, -0.05) is 6.92 Å². The van der Waals surface area contributed by atoms with Gasteiger partial charge in [0, 0.05) is 38.9 Å². The van der Waals surface area contributed by atoms with Crippen molar-refractivity contribution >= 4 is 5.91 Å². The summed E-state index contributed by atoms with van der Waals surface area (Å²) in [6, 6.07) is 3.47. The molecule has 1 aliphatic heterocycles. The molecule has 1 N–H and O–H groups in total. The van der Waals surface area contributed by atoms with Gasteiger partial charge in [-0.15, -0.1) is 0 Å². The number of nitrogens with zero attached hydrogens (tertiary/aromatic N) is 3. The van der Waals surface area contributed by atoms with Crippen molar-refractivity contribution in [3.05, 3.63) is 23.9 Å². The zero-order chi connectivity index (χ0) is 15.8. The number of hydrogen-bond acceptors (Lipinski definition) is 5. The molecule has 1 aliphatic rings. The van der Waals surface area contributed by atoms with Crippen molar-refractivity contribution in [3.63, 3.8) is 0 Å². The quantitative estimate of drug-likeness (QED) is 0.757. The van der Waals surface area contributed by atoms with E-state index in [4.69, 9.17) is 4.74 Å². The summed E-state index contributed by atoms with van der Waals surface area (Å²) in [5, 5.41) is 2.94. The molecule has 1 aromatic rings. The van der Waals surface area contributed by atoms with Crippen LogP contribution >= 0.6 is 0 Å². The highest BCUT2D eigenvalue weighted by molar-refractivity contribution is 5.96. The second-order valence-corrected chi connectivity index (χ2v) is 5.45. The van der Waals surface area contributed by atoms with Crippen molar-refractivity contribution < 1.29 is 9.53 Å². The van der Waals surface area contributed by atoms with E-state index < -0.39 is 0 Å². The monoisotopic (exact) mass is 306 g/mol. The number of amides is 1. The van der Waals surface area contributed by atoms with Gasteiger partial charge in [0.25, 0.3) is 5.91 Å². The molecule has 0 aromatic carbocycles. The van der Waals surface area contributed by atoms with Crippen LogP contribution in [-0.2, 0) is 0 Å². The van der Waals surface area contributed by atoms with E-state index in [0.717, 1.165) is 45.7 Å². The molecule has 0 atom stereocenters. The topological polar surface area (TPSA) is 57.7 Å². The standard InChI is InChI=1S/C16H26N4O2/c1-3-19-10-12-20(13-11-19)9-5-8-17-15(21)14-6-4-7-18-16(14)22-2/h4,6-7H,3,5,8-13H2,1-2H3,(H,17,21). The van der Waals surface area contributed by atoms with Crippen molar-refractivity contribution in [1.82, 2.24) is 20.1 Å². The van der Waals surface area contributed by atoms with Crippen LogP contribution in [0.4, 0.5) is 0 Å². The number of piperazine rings is 1. The number of hydrogen-bond donors (Lipinski definition) is 1. The highest BCUT2D eigenvalue weighted by Gasteiger charge is 2.15. The summed E-state index contributed by atoms with van der Waals surface area (Å²) in [5.41, 5.74) is 0.488. The van der Waals surface area contributed by atoms with E-state index in [1.165, 1.54) is 7.11 Å². The molecule has 2 heterocycles. The summed E-state index contributed by atoms with van der Waals surface area (Å²) in [6.45, 7) is 9.59. The van der Waals surface area contributed by atoms with E-state index in [0.29, 0.717) is 18.0 Å². The Kier molecular flexibility index (Phi) is 6.61. The van der Waals surface area contributed by atoms with E-state index in [-0.39, 0.29) is 5.91 Å². The SMILES string of the molecule is CCN1CCN(CCCNC(=O)c2cccnc2OC)CC1. The molecule has 0 unspecified atom stereocenters. The fourth-order valence-corrected chi connectivity index (χ4v) is 2.66. The van der Waals surface area contributed by atoms with Crippen molar-refractivity contribution in [3.8, 4) is 5.88 Å². The van der Waals surface area contributed by atoms with E-state index in [1.54, 1.807) is 18.3 Å². The van der Waals surface area contributed by atoms with Gasteiger partial charge < -0.3 is 19.9 Å². The van der Waals surface area contributed by atoms with Gasteiger partial charge in [-0.05, 0) is 31.6 Å². The zero-order valence-corrected chi connectivity index (χ0v) is 13.5. The van der Waals surface area contributed by atoms with Gasteiger partial charge in [-0.3, -0.25) is 4.79 Å². The fourth-order valence-electron chi connectivity index (χ4n) is 2.66. The Hall–Kier alpha value is -1.66. The summed E-state index contributed by atoms with van der Waals surface area (Å²) in [7, 11) is 1.52.